The van der Waals surface area contributed by atoms with Crippen molar-refractivity contribution < 1.29 is 4.79 Å². The van der Waals surface area contributed by atoms with Crippen LogP contribution in [-0.2, 0) is 0 Å². The van der Waals surface area contributed by atoms with Crippen LogP contribution in [0.3, 0.4) is 0 Å². The first kappa shape index (κ1) is 10.6. The number of likely N-dealkylation sites (tertiary alicyclic amines) is 1. The molecular weight excluding hydrogens is 208 g/mol. The van der Waals surface area contributed by atoms with Crippen LogP contribution in [-0.4, -0.2) is 28.9 Å². The molecule has 1 saturated heterocycles. The van der Waals surface area contributed by atoms with E-state index in [1.54, 1.807) is 5.51 Å². The summed E-state index contributed by atoms with van der Waals surface area (Å²) >= 11 is 1.48. The molecule has 1 aromatic rings. The molecule has 0 saturated carbocycles. The molecule has 1 aliphatic rings. The molecule has 0 aliphatic carbocycles. The van der Waals surface area contributed by atoms with Crippen molar-refractivity contribution in [2.45, 2.75) is 26.2 Å². The fourth-order valence-corrected chi connectivity index (χ4v) is 2.67. The lowest BCUT2D eigenvalue weighted by molar-refractivity contribution is 0.0781. The van der Waals surface area contributed by atoms with Gasteiger partial charge in [0.15, 0.2) is 0 Å². The second-order valence-electron chi connectivity index (χ2n) is 4.07. The van der Waals surface area contributed by atoms with Gasteiger partial charge in [0, 0.05) is 18.5 Å². The average Bonchev–Trinajstić information content (AvgIpc) is 2.87. The molecule has 1 fully saturated rings. The van der Waals surface area contributed by atoms with E-state index >= 15 is 0 Å². The number of nitrogens with zero attached hydrogens (tertiary/aromatic N) is 2. The number of amides is 1. The van der Waals surface area contributed by atoms with Crippen molar-refractivity contribution in [3.8, 4) is 0 Å². The molecule has 4 heteroatoms. The highest BCUT2D eigenvalue weighted by molar-refractivity contribution is 7.07. The smallest absolute Gasteiger partial charge is 0.273 e. The van der Waals surface area contributed by atoms with Crippen LogP contribution in [0, 0.1) is 5.92 Å². The molecular formula is C11H16N2OS. The van der Waals surface area contributed by atoms with E-state index in [-0.39, 0.29) is 5.91 Å². The maximum absolute atomic E-state index is 11.9. The van der Waals surface area contributed by atoms with Gasteiger partial charge in [-0.3, -0.25) is 4.79 Å². The second kappa shape index (κ2) is 4.75. The average molecular weight is 224 g/mol. The Morgan fingerprint density at radius 3 is 3.27 bits per heavy atom. The number of rotatable bonds is 3. The van der Waals surface area contributed by atoms with Crippen molar-refractivity contribution in [1.82, 2.24) is 9.88 Å². The Kier molecular flexibility index (Phi) is 3.36. The minimum Gasteiger partial charge on any atom is -0.337 e. The number of carbonyl (C=O) groups excluding carboxylic acids is 1. The second-order valence-corrected chi connectivity index (χ2v) is 4.79. The van der Waals surface area contributed by atoms with Gasteiger partial charge in [0.2, 0.25) is 0 Å². The number of aromatic nitrogens is 1. The lowest BCUT2D eigenvalue weighted by atomic mass is 10.0. The van der Waals surface area contributed by atoms with Crippen molar-refractivity contribution in [1.29, 1.82) is 0 Å². The van der Waals surface area contributed by atoms with E-state index in [2.05, 4.69) is 11.9 Å². The summed E-state index contributed by atoms with van der Waals surface area (Å²) in [4.78, 5) is 17.9. The standard InChI is InChI=1S/C11H16N2OS/c1-2-3-9-4-5-13(6-9)11(14)10-7-15-8-12-10/h7-9H,2-6H2,1H3. The van der Waals surface area contributed by atoms with Crippen LogP contribution in [0.1, 0.15) is 36.7 Å². The van der Waals surface area contributed by atoms with E-state index in [1.165, 1.54) is 24.2 Å². The van der Waals surface area contributed by atoms with Crippen LogP contribution >= 0.6 is 11.3 Å². The minimum atomic E-state index is 0.106. The Labute approximate surface area is 94.1 Å². The molecule has 1 amide bonds. The molecule has 0 N–H and O–H groups in total. The Morgan fingerprint density at radius 1 is 1.73 bits per heavy atom. The number of carbonyl (C=O) groups is 1. The van der Waals surface area contributed by atoms with Crippen molar-refractivity contribution in [3.05, 3.63) is 16.6 Å². The van der Waals surface area contributed by atoms with Gasteiger partial charge < -0.3 is 4.90 Å². The van der Waals surface area contributed by atoms with Gasteiger partial charge in [-0.1, -0.05) is 13.3 Å². The summed E-state index contributed by atoms with van der Waals surface area (Å²) in [7, 11) is 0. The van der Waals surface area contributed by atoms with Crippen molar-refractivity contribution in [2.75, 3.05) is 13.1 Å². The van der Waals surface area contributed by atoms with Crippen LogP contribution in [0.5, 0.6) is 0 Å². The molecule has 15 heavy (non-hydrogen) atoms. The summed E-state index contributed by atoms with van der Waals surface area (Å²) in [5.74, 6) is 0.812. The highest BCUT2D eigenvalue weighted by atomic mass is 32.1. The van der Waals surface area contributed by atoms with Crippen LogP contribution in [0.4, 0.5) is 0 Å². The van der Waals surface area contributed by atoms with Crippen molar-refractivity contribution >= 4 is 17.2 Å². The summed E-state index contributed by atoms with van der Waals surface area (Å²) < 4.78 is 0. The zero-order chi connectivity index (χ0) is 10.7. The summed E-state index contributed by atoms with van der Waals surface area (Å²) in [6.07, 6.45) is 3.61. The van der Waals surface area contributed by atoms with Gasteiger partial charge in [0.25, 0.3) is 5.91 Å². The Morgan fingerprint density at radius 2 is 2.60 bits per heavy atom. The summed E-state index contributed by atoms with van der Waals surface area (Å²) in [5, 5.41) is 1.83. The van der Waals surface area contributed by atoms with E-state index in [0.29, 0.717) is 11.6 Å². The SMILES string of the molecule is CCCC1CCN(C(=O)c2cscn2)C1. The third-order valence-electron chi connectivity index (χ3n) is 2.92. The molecule has 82 valence electrons. The zero-order valence-electron chi connectivity index (χ0n) is 8.98. The van der Waals surface area contributed by atoms with E-state index in [1.807, 2.05) is 10.3 Å². The van der Waals surface area contributed by atoms with Gasteiger partial charge in [-0.2, -0.15) is 0 Å². The van der Waals surface area contributed by atoms with Gasteiger partial charge in [-0.05, 0) is 18.8 Å². The van der Waals surface area contributed by atoms with Crippen molar-refractivity contribution in [2.24, 2.45) is 5.92 Å². The molecule has 1 aromatic heterocycles. The lowest BCUT2D eigenvalue weighted by Gasteiger charge is -2.14. The summed E-state index contributed by atoms with van der Waals surface area (Å²) in [6.45, 7) is 4.02. The molecule has 1 atom stereocenters. The Bertz CT molecular complexity index is 323. The molecule has 0 bridgehead atoms. The van der Waals surface area contributed by atoms with Crippen molar-refractivity contribution in [3.63, 3.8) is 0 Å². The Hall–Kier alpha value is -0.900. The Balaban J connectivity index is 1.93. The van der Waals surface area contributed by atoms with Gasteiger partial charge in [-0.25, -0.2) is 4.98 Å². The summed E-state index contributed by atoms with van der Waals surface area (Å²) in [5.41, 5.74) is 2.32. The topological polar surface area (TPSA) is 33.2 Å². The molecule has 0 spiro atoms. The van der Waals surface area contributed by atoms with Crippen LogP contribution in [0.15, 0.2) is 10.9 Å². The normalized spacial score (nSPS) is 20.9. The largest absolute Gasteiger partial charge is 0.337 e. The number of thiazole rings is 1. The number of hydrogen-bond acceptors (Lipinski definition) is 3. The van der Waals surface area contributed by atoms with Gasteiger partial charge in [0.1, 0.15) is 5.69 Å². The monoisotopic (exact) mass is 224 g/mol. The van der Waals surface area contributed by atoms with E-state index in [4.69, 9.17) is 0 Å². The molecule has 2 rings (SSSR count). The highest BCUT2D eigenvalue weighted by Gasteiger charge is 2.26. The molecule has 0 aromatic carbocycles. The van der Waals surface area contributed by atoms with E-state index in [0.717, 1.165) is 19.5 Å². The fraction of sp³-hybridized carbons (Fsp3) is 0.636. The number of hydrogen-bond donors (Lipinski definition) is 0. The third-order valence-corrected chi connectivity index (χ3v) is 3.51. The lowest BCUT2D eigenvalue weighted by Crippen LogP contribution is -2.28. The van der Waals surface area contributed by atoms with Crippen LogP contribution in [0.25, 0.3) is 0 Å². The highest BCUT2D eigenvalue weighted by Crippen LogP contribution is 2.22. The third kappa shape index (κ3) is 2.37. The molecule has 2 heterocycles. The molecule has 1 unspecified atom stereocenters. The maximum atomic E-state index is 11.9. The summed E-state index contributed by atoms with van der Waals surface area (Å²) in [6, 6.07) is 0. The van der Waals surface area contributed by atoms with E-state index < -0.39 is 0 Å². The van der Waals surface area contributed by atoms with E-state index in [9.17, 15) is 4.79 Å². The van der Waals surface area contributed by atoms with Gasteiger partial charge in [-0.15, -0.1) is 11.3 Å². The fourth-order valence-electron chi connectivity index (χ4n) is 2.14. The minimum absolute atomic E-state index is 0.106. The zero-order valence-corrected chi connectivity index (χ0v) is 9.80. The van der Waals surface area contributed by atoms with Crippen LogP contribution < -0.4 is 0 Å². The van der Waals surface area contributed by atoms with Crippen LogP contribution in [0.2, 0.25) is 0 Å². The molecule has 0 radical (unpaired) electrons. The first-order chi connectivity index (χ1) is 7.31. The quantitative estimate of drug-likeness (QED) is 0.790. The predicted octanol–water partition coefficient (Wildman–Crippen LogP) is 2.41. The first-order valence-corrected chi connectivity index (χ1v) is 6.43. The first-order valence-electron chi connectivity index (χ1n) is 5.48. The molecule has 1 aliphatic heterocycles. The maximum Gasteiger partial charge on any atom is 0.273 e. The molecule has 3 nitrogen and oxygen atoms in total. The predicted molar refractivity (Wildman–Crippen MR) is 61.0 cm³/mol. The van der Waals surface area contributed by atoms with Gasteiger partial charge >= 0.3 is 0 Å². The van der Waals surface area contributed by atoms with Gasteiger partial charge in [0.05, 0.1) is 5.51 Å².